The number of hydrogen-bond acceptors (Lipinski definition) is 3. The predicted octanol–water partition coefficient (Wildman–Crippen LogP) is 9.70. The highest BCUT2D eigenvalue weighted by molar-refractivity contribution is 5.85. The predicted molar refractivity (Wildman–Crippen MR) is 157 cm³/mol. The number of halogens is 1. The normalized spacial score (nSPS) is 27.2. The molecule has 0 amide bonds. The van der Waals surface area contributed by atoms with Crippen LogP contribution in [-0.2, 0) is 0 Å². The Labute approximate surface area is 229 Å². The number of rotatable bonds is 2. The summed E-state index contributed by atoms with van der Waals surface area (Å²) in [7, 11) is 0. The second-order valence-electron chi connectivity index (χ2n) is 11.5. The van der Waals surface area contributed by atoms with Gasteiger partial charge in [-0.25, -0.2) is 0 Å². The molecule has 1 aromatic rings. The Morgan fingerprint density at radius 3 is 1.50 bits per heavy atom. The van der Waals surface area contributed by atoms with E-state index in [9.17, 15) is 5.11 Å². The third-order valence-corrected chi connectivity index (χ3v) is 8.45. The van der Waals surface area contributed by atoms with Gasteiger partial charge >= 0.3 is 0 Å². The van der Waals surface area contributed by atoms with Gasteiger partial charge in [0.05, 0.1) is 0 Å². The minimum atomic E-state index is 0. The topological polar surface area (TPSA) is 32.7 Å². The van der Waals surface area contributed by atoms with Crippen molar-refractivity contribution in [3.05, 3.63) is 24.3 Å². The van der Waals surface area contributed by atoms with Crippen molar-refractivity contribution in [2.75, 3.05) is 19.6 Å². The third-order valence-electron chi connectivity index (χ3n) is 8.45. The molecule has 4 rings (SSSR count). The van der Waals surface area contributed by atoms with Gasteiger partial charge in [-0.3, -0.25) is 4.90 Å². The second-order valence-corrected chi connectivity index (χ2v) is 11.5. The van der Waals surface area contributed by atoms with E-state index in [2.05, 4.69) is 4.90 Å². The SMILES string of the molecule is Cl.Oc1ccc(OC2CN3CCCCCCCCCCCCCCCCCCCCCC2CC3)cc1. The molecule has 3 saturated heterocycles. The van der Waals surface area contributed by atoms with Gasteiger partial charge in [0, 0.05) is 6.54 Å². The highest BCUT2D eigenvalue weighted by Crippen LogP contribution is 2.29. The molecule has 3 aliphatic heterocycles. The fourth-order valence-corrected chi connectivity index (χ4v) is 6.14. The lowest BCUT2D eigenvalue weighted by Gasteiger charge is -2.38. The first kappa shape index (κ1) is 31.3. The first-order chi connectivity index (χ1) is 17.3. The molecule has 2 bridgehead atoms. The van der Waals surface area contributed by atoms with E-state index < -0.39 is 0 Å². The van der Waals surface area contributed by atoms with Gasteiger partial charge in [-0.2, -0.15) is 0 Å². The van der Waals surface area contributed by atoms with Crippen LogP contribution in [0.4, 0.5) is 0 Å². The number of phenols is 1. The number of phenolic OH excluding ortho intramolecular Hbond substituents is 1. The first-order valence-electron chi connectivity index (χ1n) is 15.5. The molecule has 0 radical (unpaired) electrons. The molecule has 3 atom stereocenters. The van der Waals surface area contributed by atoms with Crippen molar-refractivity contribution in [3.63, 3.8) is 0 Å². The largest absolute Gasteiger partial charge is 0.508 e. The van der Waals surface area contributed by atoms with Crippen molar-refractivity contribution in [2.45, 2.75) is 141 Å². The molecule has 0 aliphatic carbocycles. The van der Waals surface area contributed by atoms with Gasteiger partial charge in [0.1, 0.15) is 17.6 Å². The molecule has 36 heavy (non-hydrogen) atoms. The third kappa shape index (κ3) is 13.6. The van der Waals surface area contributed by atoms with Crippen LogP contribution in [0.25, 0.3) is 0 Å². The zero-order valence-electron chi connectivity index (χ0n) is 23.1. The Bertz CT molecular complexity index is 634. The Hall–Kier alpha value is -0.930. The maximum atomic E-state index is 9.64. The average molecular weight is 522 g/mol. The van der Waals surface area contributed by atoms with E-state index in [1.54, 1.807) is 12.1 Å². The van der Waals surface area contributed by atoms with Crippen molar-refractivity contribution < 1.29 is 9.84 Å². The molecular weight excluding hydrogens is 466 g/mol. The van der Waals surface area contributed by atoms with E-state index in [4.69, 9.17) is 4.74 Å². The van der Waals surface area contributed by atoms with Crippen LogP contribution in [0.3, 0.4) is 0 Å². The molecular formula is C32H56ClNO2. The zero-order chi connectivity index (χ0) is 24.4. The summed E-state index contributed by atoms with van der Waals surface area (Å²) in [6.45, 7) is 3.52. The number of nitrogens with zero attached hydrogens (tertiary/aromatic N) is 1. The summed E-state index contributed by atoms with van der Waals surface area (Å²) in [4.78, 5) is 2.66. The van der Waals surface area contributed by atoms with Gasteiger partial charge in [-0.15, -0.1) is 12.4 Å². The fourth-order valence-electron chi connectivity index (χ4n) is 6.14. The zero-order valence-corrected chi connectivity index (χ0v) is 24.0. The van der Waals surface area contributed by atoms with Crippen molar-refractivity contribution in [3.8, 4) is 11.5 Å². The summed E-state index contributed by atoms with van der Waals surface area (Å²) in [5.74, 6) is 1.88. The maximum absolute atomic E-state index is 9.64. The summed E-state index contributed by atoms with van der Waals surface area (Å²) in [5, 5.41) is 9.64. The molecule has 1 N–H and O–H groups in total. The van der Waals surface area contributed by atoms with Gasteiger partial charge in [0.25, 0.3) is 0 Å². The second kappa shape index (κ2) is 20.1. The van der Waals surface area contributed by atoms with E-state index in [-0.39, 0.29) is 18.5 Å². The lowest BCUT2D eigenvalue weighted by molar-refractivity contribution is 0.0339. The summed E-state index contributed by atoms with van der Waals surface area (Å²) in [6.07, 6.45) is 29.9. The summed E-state index contributed by atoms with van der Waals surface area (Å²) < 4.78 is 6.52. The van der Waals surface area contributed by atoms with E-state index in [1.807, 2.05) is 12.1 Å². The number of ether oxygens (including phenoxy) is 1. The Balaban J connectivity index is 0.00000456. The maximum Gasteiger partial charge on any atom is 0.120 e. The summed E-state index contributed by atoms with van der Waals surface area (Å²) >= 11 is 0. The molecule has 0 saturated carbocycles. The molecule has 208 valence electrons. The van der Waals surface area contributed by atoms with Gasteiger partial charge < -0.3 is 9.84 Å². The smallest absolute Gasteiger partial charge is 0.120 e. The van der Waals surface area contributed by atoms with Crippen LogP contribution in [0, 0.1) is 5.92 Å². The van der Waals surface area contributed by atoms with Gasteiger partial charge in [0.2, 0.25) is 0 Å². The van der Waals surface area contributed by atoms with Gasteiger partial charge in [-0.05, 0) is 62.5 Å². The van der Waals surface area contributed by atoms with Gasteiger partial charge in [0.15, 0.2) is 0 Å². The van der Waals surface area contributed by atoms with Crippen LogP contribution in [0.5, 0.6) is 11.5 Å². The number of piperidine rings is 1. The highest BCUT2D eigenvalue weighted by atomic mass is 35.5. The van der Waals surface area contributed by atoms with Crippen molar-refractivity contribution in [2.24, 2.45) is 5.92 Å². The van der Waals surface area contributed by atoms with Crippen molar-refractivity contribution in [1.82, 2.24) is 4.90 Å². The molecule has 0 spiro atoms. The lowest BCUT2D eigenvalue weighted by Crippen LogP contribution is -2.47. The lowest BCUT2D eigenvalue weighted by atomic mass is 9.88. The van der Waals surface area contributed by atoms with Crippen molar-refractivity contribution >= 4 is 12.4 Å². The van der Waals surface area contributed by atoms with Crippen LogP contribution in [0.15, 0.2) is 24.3 Å². The van der Waals surface area contributed by atoms with E-state index in [0.717, 1.165) is 12.3 Å². The van der Waals surface area contributed by atoms with Crippen LogP contribution < -0.4 is 4.74 Å². The van der Waals surface area contributed by atoms with Crippen LogP contribution >= 0.6 is 12.4 Å². The summed E-state index contributed by atoms with van der Waals surface area (Å²) in [6, 6.07) is 7.34. The van der Waals surface area contributed by atoms with Crippen LogP contribution in [0.1, 0.15) is 135 Å². The Kier molecular flexibility index (Phi) is 17.5. The van der Waals surface area contributed by atoms with Crippen molar-refractivity contribution in [1.29, 1.82) is 0 Å². The minimum Gasteiger partial charge on any atom is -0.508 e. The Morgan fingerprint density at radius 2 is 1.00 bits per heavy atom. The molecule has 1 aromatic carbocycles. The molecule has 3 fully saturated rings. The van der Waals surface area contributed by atoms with Gasteiger partial charge in [-0.1, -0.05) is 116 Å². The van der Waals surface area contributed by atoms with E-state index in [1.165, 1.54) is 148 Å². The minimum absolute atomic E-state index is 0. The number of benzene rings is 1. The van der Waals surface area contributed by atoms with E-state index >= 15 is 0 Å². The molecule has 3 aliphatic rings. The molecule has 3 heterocycles. The number of aromatic hydroxyl groups is 1. The highest BCUT2D eigenvalue weighted by Gasteiger charge is 2.30. The number of hydrogen-bond donors (Lipinski definition) is 1. The van der Waals surface area contributed by atoms with Crippen LogP contribution in [0.2, 0.25) is 0 Å². The first-order valence-corrected chi connectivity index (χ1v) is 15.5. The number of fused-ring (bicyclic) bond motifs is 22. The van der Waals surface area contributed by atoms with Crippen LogP contribution in [-0.4, -0.2) is 35.7 Å². The molecule has 3 unspecified atom stereocenters. The average Bonchev–Trinajstić information content (AvgIpc) is 2.87. The quantitative estimate of drug-likeness (QED) is 0.420. The Morgan fingerprint density at radius 1 is 0.556 bits per heavy atom. The molecule has 4 heteroatoms. The molecule has 0 aromatic heterocycles. The van der Waals surface area contributed by atoms with E-state index in [0.29, 0.717) is 11.7 Å². The summed E-state index contributed by atoms with van der Waals surface area (Å²) in [5.41, 5.74) is 0. The standard InChI is InChI=1S/C32H55NO2.ClH/c34-30-21-23-31(24-22-30)35-32-28-33-26-19-17-15-13-11-9-7-5-3-1-2-4-6-8-10-12-14-16-18-20-29(32)25-27-33;/h21-24,29,32,34H,1-20,25-28H2;1H. The fraction of sp³-hybridized carbons (Fsp3) is 0.812. The molecule has 3 nitrogen and oxygen atoms in total. The monoisotopic (exact) mass is 521 g/mol.